The average Bonchev–Trinajstić information content (AvgIpc) is 3.09. The average molecular weight is 291 g/mol. The minimum Gasteiger partial charge on any atom is -0.322 e. The Morgan fingerprint density at radius 1 is 1.14 bits per heavy atom. The first-order chi connectivity index (χ1) is 10.8. The predicted molar refractivity (Wildman–Crippen MR) is 87.3 cm³/mol. The van der Waals surface area contributed by atoms with E-state index < -0.39 is 0 Å². The monoisotopic (exact) mass is 291 g/mol. The lowest BCUT2D eigenvalue weighted by Gasteiger charge is -2.07. The van der Waals surface area contributed by atoms with Crippen LogP contribution < -0.4 is 5.32 Å². The number of rotatable bonds is 4. The van der Waals surface area contributed by atoms with Crippen LogP contribution in [0.5, 0.6) is 0 Å². The summed E-state index contributed by atoms with van der Waals surface area (Å²) >= 11 is 0. The number of carbonyl (C=O) groups is 1. The van der Waals surface area contributed by atoms with E-state index in [1.54, 1.807) is 23.0 Å². The standard InChI is InChI=1S/C18H17N3O/c1-2-14-5-3-6-16(13-14)20-18(22)15-7-9-17(10-8-15)21-12-4-11-19-21/h3-13H,2H2,1H3,(H,20,22). The minimum absolute atomic E-state index is 0.111. The van der Waals surface area contributed by atoms with Crippen LogP contribution in [0.25, 0.3) is 5.69 Å². The molecule has 0 unspecified atom stereocenters. The fourth-order valence-corrected chi connectivity index (χ4v) is 2.26. The molecule has 0 saturated heterocycles. The van der Waals surface area contributed by atoms with E-state index in [-0.39, 0.29) is 5.91 Å². The second-order valence-corrected chi connectivity index (χ2v) is 5.01. The summed E-state index contributed by atoms with van der Waals surface area (Å²) in [6.07, 6.45) is 4.54. The summed E-state index contributed by atoms with van der Waals surface area (Å²) in [5, 5.41) is 7.09. The summed E-state index contributed by atoms with van der Waals surface area (Å²) in [6.45, 7) is 2.09. The molecule has 1 aromatic heterocycles. The Hall–Kier alpha value is -2.88. The van der Waals surface area contributed by atoms with Gasteiger partial charge in [-0.25, -0.2) is 4.68 Å². The molecule has 0 aliphatic heterocycles. The molecule has 2 aromatic carbocycles. The third-order valence-electron chi connectivity index (χ3n) is 3.49. The Morgan fingerprint density at radius 2 is 1.95 bits per heavy atom. The number of nitrogens with one attached hydrogen (secondary N) is 1. The van der Waals surface area contributed by atoms with Gasteiger partial charge in [-0.15, -0.1) is 0 Å². The van der Waals surface area contributed by atoms with Gasteiger partial charge in [0.1, 0.15) is 0 Å². The lowest BCUT2D eigenvalue weighted by atomic mass is 10.1. The fraction of sp³-hybridized carbons (Fsp3) is 0.111. The number of hydrogen-bond donors (Lipinski definition) is 1. The predicted octanol–water partition coefficient (Wildman–Crippen LogP) is 3.69. The van der Waals surface area contributed by atoms with Crippen LogP contribution in [0, 0.1) is 0 Å². The van der Waals surface area contributed by atoms with Crippen LogP contribution in [-0.4, -0.2) is 15.7 Å². The Morgan fingerprint density at radius 3 is 2.64 bits per heavy atom. The number of anilines is 1. The second-order valence-electron chi connectivity index (χ2n) is 5.01. The zero-order valence-electron chi connectivity index (χ0n) is 12.4. The van der Waals surface area contributed by atoms with E-state index in [0.29, 0.717) is 5.56 Å². The Kier molecular flexibility index (Phi) is 4.01. The molecule has 22 heavy (non-hydrogen) atoms. The van der Waals surface area contributed by atoms with Crippen LogP contribution in [0.1, 0.15) is 22.8 Å². The zero-order chi connectivity index (χ0) is 15.4. The summed E-state index contributed by atoms with van der Waals surface area (Å²) in [7, 11) is 0. The van der Waals surface area contributed by atoms with Gasteiger partial charge in [-0.3, -0.25) is 4.79 Å². The van der Waals surface area contributed by atoms with Gasteiger partial charge in [0.2, 0.25) is 0 Å². The van der Waals surface area contributed by atoms with Gasteiger partial charge in [0, 0.05) is 23.6 Å². The van der Waals surface area contributed by atoms with Crippen molar-refractivity contribution in [3.05, 3.63) is 78.1 Å². The maximum Gasteiger partial charge on any atom is 0.255 e. The number of benzene rings is 2. The maximum absolute atomic E-state index is 12.3. The van der Waals surface area contributed by atoms with Crippen molar-refractivity contribution < 1.29 is 4.79 Å². The van der Waals surface area contributed by atoms with Gasteiger partial charge >= 0.3 is 0 Å². The van der Waals surface area contributed by atoms with Crippen LogP contribution >= 0.6 is 0 Å². The van der Waals surface area contributed by atoms with Gasteiger partial charge < -0.3 is 5.32 Å². The minimum atomic E-state index is -0.111. The van der Waals surface area contributed by atoms with Crippen molar-refractivity contribution in [2.45, 2.75) is 13.3 Å². The SMILES string of the molecule is CCc1cccc(NC(=O)c2ccc(-n3cccn3)cc2)c1. The van der Waals surface area contributed by atoms with Crippen molar-refractivity contribution in [2.75, 3.05) is 5.32 Å². The van der Waals surface area contributed by atoms with Crippen molar-refractivity contribution in [3.63, 3.8) is 0 Å². The highest BCUT2D eigenvalue weighted by Crippen LogP contribution is 2.14. The van der Waals surface area contributed by atoms with E-state index in [9.17, 15) is 4.79 Å². The van der Waals surface area contributed by atoms with Gasteiger partial charge in [0.25, 0.3) is 5.91 Å². The van der Waals surface area contributed by atoms with Crippen LogP contribution in [-0.2, 0) is 6.42 Å². The van der Waals surface area contributed by atoms with E-state index in [1.165, 1.54) is 5.56 Å². The molecule has 4 nitrogen and oxygen atoms in total. The molecule has 4 heteroatoms. The smallest absolute Gasteiger partial charge is 0.255 e. The summed E-state index contributed by atoms with van der Waals surface area (Å²) < 4.78 is 1.76. The molecular formula is C18H17N3O. The van der Waals surface area contributed by atoms with Gasteiger partial charge in [-0.05, 0) is 54.4 Å². The summed E-state index contributed by atoms with van der Waals surface area (Å²) in [4.78, 5) is 12.3. The Bertz CT molecular complexity index is 761. The van der Waals surface area contributed by atoms with Crippen molar-refractivity contribution in [1.82, 2.24) is 9.78 Å². The highest BCUT2D eigenvalue weighted by atomic mass is 16.1. The van der Waals surface area contributed by atoms with Gasteiger partial charge in [0.05, 0.1) is 5.69 Å². The topological polar surface area (TPSA) is 46.9 Å². The number of amides is 1. The molecule has 0 bridgehead atoms. The number of hydrogen-bond acceptors (Lipinski definition) is 2. The molecule has 0 atom stereocenters. The van der Waals surface area contributed by atoms with Crippen LogP contribution in [0.15, 0.2) is 67.0 Å². The molecular weight excluding hydrogens is 274 g/mol. The first-order valence-electron chi connectivity index (χ1n) is 7.26. The molecule has 0 fully saturated rings. The zero-order valence-corrected chi connectivity index (χ0v) is 12.4. The normalized spacial score (nSPS) is 10.4. The van der Waals surface area contributed by atoms with E-state index in [2.05, 4.69) is 23.4 Å². The summed E-state index contributed by atoms with van der Waals surface area (Å²) in [6, 6.07) is 17.1. The van der Waals surface area contributed by atoms with Crippen molar-refractivity contribution in [2.24, 2.45) is 0 Å². The highest BCUT2D eigenvalue weighted by molar-refractivity contribution is 6.04. The molecule has 0 spiro atoms. The molecule has 1 N–H and O–H groups in total. The number of aromatic nitrogens is 2. The number of nitrogens with zero attached hydrogens (tertiary/aromatic N) is 2. The molecule has 1 amide bonds. The van der Waals surface area contributed by atoms with Gasteiger partial charge in [-0.1, -0.05) is 19.1 Å². The number of carbonyl (C=O) groups excluding carboxylic acids is 1. The first-order valence-corrected chi connectivity index (χ1v) is 7.26. The molecule has 110 valence electrons. The molecule has 0 radical (unpaired) electrons. The van der Waals surface area contributed by atoms with E-state index in [4.69, 9.17) is 0 Å². The van der Waals surface area contributed by atoms with Crippen molar-refractivity contribution >= 4 is 11.6 Å². The quantitative estimate of drug-likeness (QED) is 0.797. The summed E-state index contributed by atoms with van der Waals surface area (Å²) in [5.41, 5.74) is 3.57. The van der Waals surface area contributed by atoms with E-state index in [1.807, 2.05) is 42.6 Å². The maximum atomic E-state index is 12.3. The molecule has 3 aromatic rings. The highest BCUT2D eigenvalue weighted by Gasteiger charge is 2.07. The van der Waals surface area contributed by atoms with Crippen molar-refractivity contribution in [1.29, 1.82) is 0 Å². The molecule has 0 aliphatic rings. The third kappa shape index (κ3) is 3.06. The number of aryl methyl sites for hydroxylation is 1. The Balaban J connectivity index is 1.74. The lowest BCUT2D eigenvalue weighted by Crippen LogP contribution is -2.12. The van der Waals surface area contributed by atoms with Crippen LogP contribution in [0.4, 0.5) is 5.69 Å². The second kappa shape index (κ2) is 6.26. The Labute approximate surface area is 129 Å². The van der Waals surface area contributed by atoms with Gasteiger partial charge in [-0.2, -0.15) is 5.10 Å². The molecule has 0 saturated carbocycles. The van der Waals surface area contributed by atoms with Gasteiger partial charge in [0.15, 0.2) is 0 Å². The third-order valence-corrected chi connectivity index (χ3v) is 3.49. The molecule has 0 aliphatic carbocycles. The molecule has 1 heterocycles. The lowest BCUT2D eigenvalue weighted by molar-refractivity contribution is 0.102. The van der Waals surface area contributed by atoms with E-state index in [0.717, 1.165) is 17.8 Å². The van der Waals surface area contributed by atoms with E-state index >= 15 is 0 Å². The largest absolute Gasteiger partial charge is 0.322 e. The summed E-state index contributed by atoms with van der Waals surface area (Å²) in [5.74, 6) is -0.111. The van der Waals surface area contributed by atoms with Crippen LogP contribution in [0.2, 0.25) is 0 Å². The first kappa shape index (κ1) is 14.1. The van der Waals surface area contributed by atoms with Crippen molar-refractivity contribution in [3.8, 4) is 5.69 Å². The molecule has 3 rings (SSSR count). The van der Waals surface area contributed by atoms with Crippen LogP contribution in [0.3, 0.4) is 0 Å². The fourth-order valence-electron chi connectivity index (χ4n) is 2.26.